The Kier molecular flexibility index (Phi) is 8.19. The Morgan fingerprint density at radius 2 is 0.810 bits per heavy atom. The van der Waals surface area contributed by atoms with Gasteiger partial charge in [0, 0.05) is 27.8 Å². The van der Waals surface area contributed by atoms with E-state index in [0.29, 0.717) is 0 Å². The van der Waals surface area contributed by atoms with Crippen molar-refractivity contribution in [2.24, 2.45) is 0 Å². The van der Waals surface area contributed by atoms with E-state index in [-0.39, 0.29) is 0 Å². The van der Waals surface area contributed by atoms with E-state index in [0.717, 1.165) is 55.7 Å². The summed E-state index contributed by atoms with van der Waals surface area (Å²) in [5, 5.41) is 7.26. The van der Waals surface area contributed by atoms with Crippen molar-refractivity contribution in [1.82, 2.24) is 0 Å². The molecule has 10 aromatic carbocycles. The summed E-state index contributed by atoms with van der Waals surface area (Å²) < 4.78 is 6.30. The smallest absolute Gasteiger partial charge is 0.136 e. The van der Waals surface area contributed by atoms with Crippen LogP contribution in [0, 0.1) is 0 Å². The summed E-state index contributed by atoms with van der Waals surface area (Å²) in [7, 11) is 0. The average Bonchev–Trinajstić information content (AvgIpc) is 3.68. The Labute approximate surface area is 337 Å². The van der Waals surface area contributed by atoms with Crippen LogP contribution in [0.3, 0.4) is 0 Å². The third-order valence-electron chi connectivity index (χ3n) is 11.4. The second kappa shape index (κ2) is 14.1. The molecule has 58 heavy (non-hydrogen) atoms. The summed E-state index contributed by atoms with van der Waals surface area (Å²) in [6.07, 6.45) is 0. The molecule has 0 amide bonds. The number of furan rings is 1. The SMILES string of the molecule is c1cc(-c2ccc(-c3ccc4ccccc4c3)cc2)cc(N(c2ccc(-c3cccc4ccccc34)cc2)c2cccc(-c3cccc4oc5ccccc5c34)c2)c1. The quantitative estimate of drug-likeness (QED) is 0.162. The second-order valence-electron chi connectivity index (χ2n) is 14.9. The standard InChI is InChI=1S/C56H37NO/c1-2-13-43-35-45(30-29-38(43)11-1)40-27-25-39(26-28-40)44-15-7-17-48(36-44)57(47-33-31-42(32-34-47)51-21-9-14-41-12-3-4-19-50(41)51)49-18-8-16-46(37-49)52-22-10-24-55-56(52)53-20-5-6-23-54(53)58-55/h1-37H. The van der Waals surface area contributed by atoms with Crippen molar-refractivity contribution in [2.45, 2.75) is 0 Å². The van der Waals surface area contributed by atoms with Gasteiger partial charge < -0.3 is 9.32 Å². The Balaban J connectivity index is 1.01. The molecule has 0 spiro atoms. The number of hydrogen-bond acceptors (Lipinski definition) is 2. The molecular formula is C56H37NO. The van der Waals surface area contributed by atoms with Gasteiger partial charge in [0.1, 0.15) is 11.2 Å². The third-order valence-corrected chi connectivity index (χ3v) is 11.4. The van der Waals surface area contributed by atoms with Gasteiger partial charge in [-0.3, -0.25) is 0 Å². The molecule has 0 unspecified atom stereocenters. The molecule has 0 radical (unpaired) electrons. The lowest BCUT2D eigenvalue weighted by Crippen LogP contribution is -2.10. The van der Waals surface area contributed by atoms with Gasteiger partial charge in [0.25, 0.3) is 0 Å². The average molecular weight is 740 g/mol. The van der Waals surface area contributed by atoms with Gasteiger partial charge in [0.05, 0.1) is 0 Å². The van der Waals surface area contributed by atoms with Crippen molar-refractivity contribution in [3.8, 4) is 44.5 Å². The topological polar surface area (TPSA) is 16.4 Å². The van der Waals surface area contributed by atoms with Gasteiger partial charge in [0.15, 0.2) is 0 Å². The van der Waals surface area contributed by atoms with Crippen LogP contribution in [-0.4, -0.2) is 0 Å². The molecule has 0 aliphatic carbocycles. The number of benzene rings is 10. The lowest BCUT2D eigenvalue weighted by molar-refractivity contribution is 0.669. The Bertz CT molecular complexity index is 3280. The number of rotatable bonds is 7. The number of hydrogen-bond donors (Lipinski definition) is 0. The molecule has 0 aliphatic rings. The minimum Gasteiger partial charge on any atom is -0.456 e. The van der Waals surface area contributed by atoms with Gasteiger partial charge >= 0.3 is 0 Å². The molecular weight excluding hydrogens is 703 g/mol. The van der Waals surface area contributed by atoms with Gasteiger partial charge in [0.2, 0.25) is 0 Å². The molecule has 1 aromatic heterocycles. The van der Waals surface area contributed by atoms with Gasteiger partial charge in [-0.2, -0.15) is 0 Å². The number of nitrogens with zero attached hydrogens (tertiary/aromatic N) is 1. The van der Waals surface area contributed by atoms with Gasteiger partial charge in [-0.1, -0.05) is 170 Å². The zero-order valence-electron chi connectivity index (χ0n) is 31.7. The van der Waals surface area contributed by atoms with Crippen LogP contribution >= 0.6 is 0 Å². The predicted molar refractivity (Wildman–Crippen MR) is 245 cm³/mol. The summed E-state index contributed by atoms with van der Waals surface area (Å²) in [5.74, 6) is 0. The maximum atomic E-state index is 6.30. The molecule has 0 atom stereocenters. The first-order chi connectivity index (χ1) is 28.7. The molecule has 2 heteroatoms. The Morgan fingerprint density at radius 3 is 1.60 bits per heavy atom. The van der Waals surface area contributed by atoms with Crippen molar-refractivity contribution in [2.75, 3.05) is 4.90 Å². The van der Waals surface area contributed by atoms with Crippen LogP contribution in [0.5, 0.6) is 0 Å². The van der Waals surface area contributed by atoms with Crippen LogP contribution in [-0.2, 0) is 0 Å². The van der Waals surface area contributed by atoms with Gasteiger partial charge in [-0.05, 0) is 121 Å². The lowest BCUT2D eigenvalue weighted by Gasteiger charge is -2.27. The summed E-state index contributed by atoms with van der Waals surface area (Å²) in [6.45, 7) is 0. The Morgan fingerprint density at radius 1 is 0.276 bits per heavy atom. The van der Waals surface area contributed by atoms with Crippen molar-refractivity contribution < 1.29 is 4.42 Å². The van der Waals surface area contributed by atoms with Crippen molar-refractivity contribution in [3.05, 3.63) is 224 Å². The van der Waals surface area contributed by atoms with Crippen LogP contribution in [0.2, 0.25) is 0 Å². The molecule has 0 fully saturated rings. The molecule has 1 heterocycles. The molecule has 11 aromatic rings. The molecule has 0 aliphatic heterocycles. The van der Waals surface area contributed by atoms with Crippen LogP contribution in [0.4, 0.5) is 17.1 Å². The summed E-state index contributed by atoms with van der Waals surface area (Å²) in [5.41, 5.74) is 14.5. The molecule has 0 N–H and O–H groups in total. The monoisotopic (exact) mass is 739 g/mol. The van der Waals surface area contributed by atoms with Crippen molar-refractivity contribution in [3.63, 3.8) is 0 Å². The molecule has 2 nitrogen and oxygen atoms in total. The minimum atomic E-state index is 0.893. The fraction of sp³-hybridized carbons (Fsp3) is 0. The molecule has 0 saturated heterocycles. The predicted octanol–water partition coefficient (Wildman–Crippen LogP) is 16.0. The molecule has 0 saturated carbocycles. The highest BCUT2D eigenvalue weighted by atomic mass is 16.3. The van der Waals surface area contributed by atoms with Crippen LogP contribution in [0.15, 0.2) is 229 Å². The molecule has 272 valence electrons. The van der Waals surface area contributed by atoms with Crippen molar-refractivity contribution in [1.29, 1.82) is 0 Å². The van der Waals surface area contributed by atoms with Crippen molar-refractivity contribution >= 4 is 60.5 Å². The summed E-state index contributed by atoms with van der Waals surface area (Å²) in [6, 6.07) is 80.8. The number of fused-ring (bicyclic) bond motifs is 5. The third kappa shape index (κ3) is 6.00. The van der Waals surface area contributed by atoms with E-state index in [1.165, 1.54) is 49.4 Å². The first-order valence-corrected chi connectivity index (χ1v) is 19.8. The van der Waals surface area contributed by atoms with Gasteiger partial charge in [-0.25, -0.2) is 0 Å². The summed E-state index contributed by atoms with van der Waals surface area (Å²) >= 11 is 0. The highest BCUT2D eigenvalue weighted by molar-refractivity contribution is 6.12. The first kappa shape index (κ1) is 33.6. The maximum Gasteiger partial charge on any atom is 0.136 e. The fourth-order valence-electron chi connectivity index (χ4n) is 8.59. The second-order valence-corrected chi connectivity index (χ2v) is 14.9. The molecule has 0 bridgehead atoms. The zero-order valence-corrected chi connectivity index (χ0v) is 31.7. The van der Waals surface area contributed by atoms with E-state index in [2.05, 4.69) is 217 Å². The van der Waals surface area contributed by atoms with E-state index in [9.17, 15) is 0 Å². The largest absolute Gasteiger partial charge is 0.456 e. The van der Waals surface area contributed by atoms with Crippen LogP contribution in [0.25, 0.3) is 88.0 Å². The lowest BCUT2D eigenvalue weighted by atomic mass is 9.97. The summed E-state index contributed by atoms with van der Waals surface area (Å²) in [4.78, 5) is 2.37. The molecule has 11 rings (SSSR count). The van der Waals surface area contributed by atoms with Crippen LogP contribution < -0.4 is 4.90 Å². The van der Waals surface area contributed by atoms with Gasteiger partial charge in [-0.15, -0.1) is 0 Å². The zero-order chi connectivity index (χ0) is 38.4. The highest BCUT2D eigenvalue weighted by Crippen LogP contribution is 2.42. The number of para-hydroxylation sites is 1. The highest BCUT2D eigenvalue weighted by Gasteiger charge is 2.18. The van der Waals surface area contributed by atoms with E-state index >= 15 is 0 Å². The maximum absolute atomic E-state index is 6.30. The van der Waals surface area contributed by atoms with E-state index in [1.54, 1.807) is 0 Å². The first-order valence-electron chi connectivity index (χ1n) is 19.8. The minimum absolute atomic E-state index is 0.893. The fourth-order valence-corrected chi connectivity index (χ4v) is 8.59. The van der Waals surface area contributed by atoms with E-state index < -0.39 is 0 Å². The van der Waals surface area contributed by atoms with E-state index in [1.807, 2.05) is 12.1 Å². The number of anilines is 3. The Hall–Kier alpha value is -7.68. The van der Waals surface area contributed by atoms with E-state index in [4.69, 9.17) is 4.42 Å². The van der Waals surface area contributed by atoms with Crippen LogP contribution in [0.1, 0.15) is 0 Å². The normalized spacial score (nSPS) is 11.4.